The van der Waals surface area contributed by atoms with Crippen LogP contribution in [0.3, 0.4) is 0 Å². The van der Waals surface area contributed by atoms with Crippen LogP contribution in [0.2, 0.25) is 0 Å². The Bertz CT molecular complexity index is 1530. The molecule has 4 aromatic rings. The summed E-state index contributed by atoms with van der Waals surface area (Å²) in [5.41, 5.74) is 2.52. The monoisotopic (exact) mass is 478 g/mol. The molecule has 1 aromatic heterocycles. The van der Waals surface area contributed by atoms with Gasteiger partial charge in [-0.15, -0.1) is 0 Å². The van der Waals surface area contributed by atoms with Gasteiger partial charge < -0.3 is 4.98 Å². The number of benzene rings is 3. The summed E-state index contributed by atoms with van der Waals surface area (Å²) in [5, 5.41) is 0.791. The van der Waals surface area contributed by atoms with Crippen LogP contribution in [0.4, 0.5) is 4.39 Å². The summed E-state index contributed by atoms with van der Waals surface area (Å²) < 4.78 is 41.7. The summed E-state index contributed by atoms with van der Waals surface area (Å²) in [6.07, 6.45) is 0. The van der Waals surface area contributed by atoms with Gasteiger partial charge in [0.15, 0.2) is 5.78 Å². The van der Waals surface area contributed by atoms with Crippen molar-refractivity contribution in [1.29, 1.82) is 0 Å². The fourth-order valence-corrected chi connectivity index (χ4v) is 5.11. The summed E-state index contributed by atoms with van der Waals surface area (Å²) in [6, 6.07) is 18.5. The highest BCUT2D eigenvalue weighted by molar-refractivity contribution is 7.89. The molecule has 8 heteroatoms. The van der Waals surface area contributed by atoms with E-state index in [0.717, 1.165) is 10.9 Å². The van der Waals surface area contributed by atoms with E-state index in [0.29, 0.717) is 16.6 Å². The van der Waals surface area contributed by atoms with E-state index in [1.807, 2.05) is 19.1 Å². The second kappa shape index (κ2) is 9.32. The van der Waals surface area contributed by atoms with Crippen LogP contribution in [0.5, 0.6) is 0 Å². The molecule has 0 atom stereocenters. The largest absolute Gasteiger partial charge is 0.322 e. The second-order valence-corrected chi connectivity index (χ2v) is 10.1. The molecule has 0 saturated carbocycles. The Morgan fingerprint density at radius 1 is 0.941 bits per heavy atom. The SMILES string of the molecule is CC(=O)c1ccc(S(=O)(=O)N(Cc2ccc(F)cc2)Cc2cc3cc(C)ccc3[nH]c2=O)cc1. The number of sulfonamides is 1. The van der Waals surface area contributed by atoms with Crippen molar-refractivity contribution >= 4 is 26.7 Å². The molecule has 0 saturated heterocycles. The van der Waals surface area contributed by atoms with Crippen LogP contribution in [-0.4, -0.2) is 23.5 Å². The number of pyridine rings is 1. The van der Waals surface area contributed by atoms with Crippen LogP contribution in [-0.2, 0) is 23.1 Å². The number of ketones is 1. The minimum atomic E-state index is -4.05. The fourth-order valence-electron chi connectivity index (χ4n) is 3.71. The lowest BCUT2D eigenvalue weighted by Crippen LogP contribution is -2.32. The maximum Gasteiger partial charge on any atom is 0.252 e. The van der Waals surface area contributed by atoms with Crippen molar-refractivity contribution in [2.45, 2.75) is 31.8 Å². The molecule has 0 fully saturated rings. The zero-order valence-corrected chi connectivity index (χ0v) is 19.5. The van der Waals surface area contributed by atoms with Gasteiger partial charge in [-0.05, 0) is 67.3 Å². The first-order chi connectivity index (χ1) is 16.1. The first-order valence-corrected chi connectivity index (χ1v) is 12.1. The number of rotatable bonds is 7. The van der Waals surface area contributed by atoms with Gasteiger partial charge in [-0.2, -0.15) is 4.31 Å². The normalized spacial score (nSPS) is 11.8. The van der Waals surface area contributed by atoms with E-state index < -0.39 is 15.8 Å². The van der Waals surface area contributed by atoms with Crippen LogP contribution in [0.25, 0.3) is 10.9 Å². The van der Waals surface area contributed by atoms with Gasteiger partial charge in [0.05, 0.1) is 4.90 Å². The molecule has 0 amide bonds. The Kier molecular flexibility index (Phi) is 6.45. The zero-order chi connectivity index (χ0) is 24.5. The maximum absolute atomic E-state index is 13.6. The van der Waals surface area contributed by atoms with E-state index in [2.05, 4.69) is 4.98 Å². The number of carbonyl (C=O) groups is 1. The number of fused-ring (bicyclic) bond motifs is 1. The number of carbonyl (C=O) groups excluding carboxylic acids is 1. The topological polar surface area (TPSA) is 87.3 Å². The summed E-state index contributed by atoms with van der Waals surface area (Å²) >= 11 is 0. The van der Waals surface area contributed by atoms with Gasteiger partial charge in [0, 0.05) is 29.7 Å². The molecule has 0 bridgehead atoms. The Balaban J connectivity index is 1.77. The Hall–Kier alpha value is -3.62. The number of Topliss-reactive ketones (excluding diaryl/α,β-unsaturated/α-hetero) is 1. The fraction of sp³-hybridized carbons (Fsp3) is 0.154. The Morgan fingerprint density at radius 3 is 2.26 bits per heavy atom. The Labute approximate surface area is 196 Å². The van der Waals surface area contributed by atoms with Gasteiger partial charge in [0.1, 0.15) is 5.82 Å². The lowest BCUT2D eigenvalue weighted by Gasteiger charge is -2.22. The highest BCUT2D eigenvalue weighted by Crippen LogP contribution is 2.22. The highest BCUT2D eigenvalue weighted by Gasteiger charge is 2.26. The number of H-pyrrole nitrogens is 1. The smallest absolute Gasteiger partial charge is 0.252 e. The molecule has 174 valence electrons. The predicted molar refractivity (Wildman–Crippen MR) is 129 cm³/mol. The van der Waals surface area contributed by atoms with Crippen molar-refractivity contribution in [3.05, 3.63) is 111 Å². The van der Waals surface area contributed by atoms with Crippen molar-refractivity contribution < 1.29 is 17.6 Å². The highest BCUT2D eigenvalue weighted by atomic mass is 32.2. The van der Waals surface area contributed by atoms with E-state index in [4.69, 9.17) is 0 Å². The molecule has 0 aliphatic carbocycles. The van der Waals surface area contributed by atoms with Crippen molar-refractivity contribution in [3.8, 4) is 0 Å². The molecule has 1 N–H and O–H groups in total. The first kappa shape index (κ1) is 23.5. The number of aryl methyl sites for hydroxylation is 1. The molecule has 0 aliphatic heterocycles. The van der Waals surface area contributed by atoms with E-state index in [1.54, 1.807) is 12.1 Å². The minimum absolute atomic E-state index is 0.00678. The van der Waals surface area contributed by atoms with Crippen LogP contribution < -0.4 is 5.56 Å². The van der Waals surface area contributed by atoms with E-state index in [-0.39, 0.29) is 34.9 Å². The third-order valence-corrected chi connectivity index (χ3v) is 7.40. The van der Waals surface area contributed by atoms with Gasteiger partial charge >= 0.3 is 0 Å². The molecule has 3 aromatic carbocycles. The van der Waals surface area contributed by atoms with Gasteiger partial charge in [-0.25, -0.2) is 12.8 Å². The number of nitrogens with zero attached hydrogens (tertiary/aromatic N) is 1. The molecular formula is C26H23FN2O4S. The number of halogens is 1. The molecule has 0 aliphatic rings. The number of hydrogen-bond donors (Lipinski definition) is 1. The van der Waals surface area contributed by atoms with Crippen molar-refractivity contribution in [2.75, 3.05) is 0 Å². The number of hydrogen-bond acceptors (Lipinski definition) is 4. The van der Waals surface area contributed by atoms with Crippen LogP contribution in [0, 0.1) is 12.7 Å². The summed E-state index contributed by atoms with van der Waals surface area (Å²) in [6.45, 7) is 3.08. The van der Waals surface area contributed by atoms with Crippen LogP contribution in [0.1, 0.15) is 34.0 Å². The first-order valence-electron chi connectivity index (χ1n) is 10.6. The minimum Gasteiger partial charge on any atom is -0.322 e. The van der Waals surface area contributed by atoms with Gasteiger partial charge in [-0.1, -0.05) is 35.9 Å². The van der Waals surface area contributed by atoms with Gasteiger partial charge in [0.25, 0.3) is 5.56 Å². The maximum atomic E-state index is 13.6. The second-order valence-electron chi connectivity index (χ2n) is 8.19. The molecule has 0 radical (unpaired) electrons. The third-order valence-electron chi connectivity index (χ3n) is 5.59. The van der Waals surface area contributed by atoms with E-state index in [9.17, 15) is 22.4 Å². The van der Waals surface area contributed by atoms with Gasteiger partial charge in [0.2, 0.25) is 10.0 Å². The summed E-state index contributed by atoms with van der Waals surface area (Å²) in [7, 11) is -4.05. The quantitative estimate of drug-likeness (QED) is 0.394. The molecular weight excluding hydrogens is 455 g/mol. The van der Waals surface area contributed by atoms with Crippen LogP contribution >= 0.6 is 0 Å². The lowest BCUT2D eigenvalue weighted by atomic mass is 10.1. The predicted octanol–water partition coefficient (Wildman–Crippen LogP) is 4.57. The van der Waals surface area contributed by atoms with Crippen LogP contribution in [0.15, 0.2) is 82.5 Å². The average molecular weight is 479 g/mol. The zero-order valence-electron chi connectivity index (χ0n) is 18.7. The molecule has 34 heavy (non-hydrogen) atoms. The molecule has 4 rings (SSSR count). The van der Waals surface area contributed by atoms with E-state index >= 15 is 0 Å². The van der Waals surface area contributed by atoms with Crippen molar-refractivity contribution in [2.24, 2.45) is 0 Å². The summed E-state index contributed by atoms with van der Waals surface area (Å²) in [4.78, 5) is 27.2. The van der Waals surface area contributed by atoms with E-state index in [1.165, 1.54) is 59.8 Å². The molecule has 1 heterocycles. The lowest BCUT2D eigenvalue weighted by molar-refractivity contribution is 0.101. The van der Waals surface area contributed by atoms with Crippen molar-refractivity contribution in [1.82, 2.24) is 9.29 Å². The molecule has 0 spiro atoms. The Morgan fingerprint density at radius 2 is 1.62 bits per heavy atom. The van der Waals surface area contributed by atoms with Gasteiger partial charge in [-0.3, -0.25) is 9.59 Å². The standard InChI is InChI=1S/C26H23FN2O4S/c1-17-3-12-25-21(13-17)14-22(26(31)28-25)16-29(15-19-4-8-23(27)9-5-19)34(32,33)24-10-6-20(7-11-24)18(2)30/h3-14H,15-16H2,1-2H3,(H,28,31). The summed E-state index contributed by atoms with van der Waals surface area (Å²) in [5.74, 6) is -0.607. The molecule has 0 unspecified atom stereocenters. The number of aromatic amines is 1. The van der Waals surface area contributed by atoms with Crippen molar-refractivity contribution in [3.63, 3.8) is 0 Å². The molecule has 6 nitrogen and oxygen atoms in total. The third kappa shape index (κ3) is 4.98. The average Bonchev–Trinajstić information content (AvgIpc) is 2.80. The number of aromatic nitrogens is 1. The number of nitrogens with one attached hydrogen (secondary N) is 1.